The Hall–Kier alpha value is -3.01. The number of ether oxygens (including phenoxy) is 2. The molecule has 0 bridgehead atoms. The van der Waals surface area contributed by atoms with Crippen LogP contribution >= 0.6 is 34.7 Å². The fourth-order valence-corrected chi connectivity index (χ4v) is 4.85. The van der Waals surface area contributed by atoms with Crippen LogP contribution in [0.25, 0.3) is 15.9 Å². The molecule has 4 rings (SSSR count). The molecule has 0 atom stereocenters. The molecule has 0 saturated carbocycles. The monoisotopic (exact) mass is 487 g/mol. The van der Waals surface area contributed by atoms with Crippen LogP contribution in [0.2, 0.25) is 5.02 Å². The van der Waals surface area contributed by atoms with Crippen LogP contribution in [-0.2, 0) is 4.79 Å². The van der Waals surface area contributed by atoms with Crippen LogP contribution in [0.4, 0.5) is 5.69 Å². The lowest BCUT2D eigenvalue weighted by Crippen LogP contribution is -2.22. The molecule has 2 heterocycles. The minimum absolute atomic E-state index is 0.0207. The molecule has 0 unspecified atom stereocenters. The fourth-order valence-electron chi connectivity index (χ4n) is 3.06. The molecule has 4 aromatic rings. The van der Waals surface area contributed by atoms with E-state index in [1.165, 1.54) is 23.0 Å². The zero-order valence-corrected chi connectivity index (χ0v) is 19.5. The van der Waals surface area contributed by atoms with E-state index in [9.17, 15) is 9.59 Å². The van der Waals surface area contributed by atoms with Crippen molar-refractivity contribution in [3.05, 3.63) is 69.3 Å². The minimum atomic E-state index is -0.285. The summed E-state index contributed by atoms with van der Waals surface area (Å²) in [5.74, 6) is 0.833. The molecule has 2 aromatic heterocycles. The Labute approximate surface area is 197 Å². The van der Waals surface area contributed by atoms with Crippen LogP contribution in [0.15, 0.2) is 63.9 Å². The predicted molar refractivity (Wildman–Crippen MR) is 129 cm³/mol. The molecule has 0 fully saturated rings. The number of carbonyl (C=O) groups excluding carboxylic acids is 1. The number of methoxy groups -OCH3 is 2. The van der Waals surface area contributed by atoms with Crippen LogP contribution < -0.4 is 20.3 Å². The summed E-state index contributed by atoms with van der Waals surface area (Å²) in [4.78, 5) is 30.5. The van der Waals surface area contributed by atoms with Crippen molar-refractivity contribution in [1.82, 2.24) is 9.55 Å². The first-order valence-electron chi connectivity index (χ1n) is 9.41. The van der Waals surface area contributed by atoms with Gasteiger partial charge in [-0.1, -0.05) is 35.5 Å². The first-order valence-corrected chi connectivity index (χ1v) is 11.7. The van der Waals surface area contributed by atoms with Crippen molar-refractivity contribution in [3.63, 3.8) is 0 Å². The first-order chi connectivity index (χ1) is 15.5. The number of amides is 1. The fraction of sp³-hybridized carbons (Fsp3) is 0.136. The SMILES string of the molecule is COc1ccc(OC)c(NC(=O)CSc2nc3ccsc3c(=O)n2-c2ccccc2Cl)c1. The topological polar surface area (TPSA) is 82.5 Å². The molecule has 0 aliphatic heterocycles. The number of halogens is 1. The molecule has 0 spiro atoms. The highest BCUT2D eigenvalue weighted by Crippen LogP contribution is 2.30. The lowest BCUT2D eigenvalue weighted by molar-refractivity contribution is -0.113. The van der Waals surface area contributed by atoms with Gasteiger partial charge in [0.25, 0.3) is 5.56 Å². The number of fused-ring (bicyclic) bond motifs is 1. The molecule has 0 aliphatic carbocycles. The van der Waals surface area contributed by atoms with E-state index in [0.717, 1.165) is 11.8 Å². The highest BCUT2D eigenvalue weighted by atomic mass is 35.5. The van der Waals surface area contributed by atoms with E-state index in [1.54, 1.807) is 55.6 Å². The summed E-state index contributed by atoms with van der Waals surface area (Å²) in [6.45, 7) is 0. The van der Waals surface area contributed by atoms with Gasteiger partial charge < -0.3 is 14.8 Å². The summed E-state index contributed by atoms with van der Waals surface area (Å²) in [6, 6.07) is 13.9. The van der Waals surface area contributed by atoms with E-state index in [-0.39, 0.29) is 17.2 Å². The lowest BCUT2D eigenvalue weighted by atomic mass is 10.2. The smallest absolute Gasteiger partial charge is 0.276 e. The third kappa shape index (κ3) is 4.45. The molecule has 164 valence electrons. The molecule has 1 amide bonds. The lowest BCUT2D eigenvalue weighted by Gasteiger charge is -2.14. The summed E-state index contributed by atoms with van der Waals surface area (Å²) < 4.78 is 12.5. The summed E-state index contributed by atoms with van der Waals surface area (Å²) in [5, 5.41) is 5.42. The van der Waals surface area contributed by atoms with Gasteiger partial charge in [0.1, 0.15) is 16.2 Å². The number of aromatic nitrogens is 2. The number of nitrogens with one attached hydrogen (secondary N) is 1. The van der Waals surface area contributed by atoms with E-state index in [1.807, 2.05) is 5.38 Å². The first kappa shape index (κ1) is 22.2. The van der Waals surface area contributed by atoms with Gasteiger partial charge in [0, 0.05) is 6.07 Å². The normalized spacial score (nSPS) is 10.8. The molecule has 7 nitrogen and oxygen atoms in total. The molecular formula is C22H18ClN3O4S2. The van der Waals surface area contributed by atoms with Gasteiger partial charge in [-0.15, -0.1) is 11.3 Å². The van der Waals surface area contributed by atoms with E-state index in [2.05, 4.69) is 10.3 Å². The number of thiophene rings is 1. The molecule has 2 aromatic carbocycles. The Morgan fingerprint density at radius 2 is 2.00 bits per heavy atom. The summed E-state index contributed by atoms with van der Waals surface area (Å²) >= 11 is 8.83. The average Bonchev–Trinajstić information content (AvgIpc) is 3.27. The van der Waals surface area contributed by atoms with Crippen molar-refractivity contribution in [2.24, 2.45) is 0 Å². The van der Waals surface area contributed by atoms with Crippen LogP contribution in [-0.4, -0.2) is 35.4 Å². The number of rotatable bonds is 7. The van der Waals surface area contributed by atoms with Gasteiger partial charge >= 0.3 is 0 Å². The van der Waals surface area contributed by atoms with E-state index in [0.29, 0.717) is 43.3 Å². The van der Waals surface area contributed by atoms with Crippen LogP contribution in [0, 0.1) is 0 Å². The number of nitrogens with zero attached hydrogens (tertiary/aromatic N) is 2. The Balaban J connectivity index is 1.64. The van der Waals surface area contributed by atoms with Gasteiger partial charge in [-0.25, -0.2) is 4.98 Å². The zero-order chi connectivity index (χ0) is 22.7. The average molecular weight is 488 g/mol. The van der Waals surface area contributed by atoms with Crippen LogP contribution in [0.5, 0.6) is 11.5 Å². The van der Waals surface area contributed by atoms with E-state index >= 15 is 0 Å². The van der Waals surface area contributed by atoms with Gasteiger partial charge in [-0.05, 0) is 35.7 Å². The van der Waals surface area contributed by atoms with Gasteiger partial charge in [0.2, 0.25) is 5.91 Å². The van der Waals surface area contributed by atoms with Gasteiger partial charge in [-0.3, -0.25) is 14.2 Å². The molecule has 32 heavy (non-hydrogen) atoms. The Morgan fingerprint density at radius 3 is 2.75 bits per heavy atom. The Kier molecular flexibility index (Phi) is 6.69. The number of hydrogen-bond donors (Lipinski definition) is 1. The molecule has 0 saturated heterocycles. The number of para-hydroxylation sites is 1. The van der Waals surface area contributed by atoms with Crippen molar-refractivity contribution < 1.29 is 14.3 Å². The Bertz CT molecular complexity index is 1350. The van der Waals surface area contributed by atoms with Crippen molar-refractivity contribution in [2.75, 3.05) is 25.3 Å². The van der Waals surface area contributed by atoms with Gasteiger partial charge in [0.15, 0.2) is 5.16 Å². The second-order valence-electron chi connectivity index (χ2n) is 6.52. The maximum atomic E-state index is 13.2. The highest BCUT2D eigenvalue weighted by Gasteiger charge is 2.18. The van der Waals surface area contributed by atoms with Crippen molar-refractivity contribution in [2.45, 2.75) is 5.16 Å². The number of hydrogen-bond acceptors (Lipinski definition) is 7. The van der Waals surface area contributed by atoms with Gasteiger partial charge in [-0.2, -0.15) is 0 Å². The number of thioether (sulfide) groups is 1. The number of benzene rings is 2. The second kappa shape index (κ2) is 9.64. The van der Waals surface area contributed by atoms with Crippen molar-refractivity contribution in [1.29, 1.82) is 0 Å². The van der Waals surface area contributed by atoms with Crippen LogP contribution in [0.1, 0.15) is 0 Å². The quantitative estimate of drug-likeness (QED) is 0.296. The third-order valence-electron chi connectivity index (χ3n) is 4.56. The maximum absolute atomic E-state index is 13.2. The molecule has 10 heteroatoms. The van der Waals surface area contributed by atoms with Crippen molar-refractivity contribution >= 4 is 56.5 Å². The van der Waals surface area contributed by atoms with E-state index < -0.39 is 0 Å². The largest absolute Gasteiger partial charge is 0.497 e. The predicted octanol–water partition coefficient (Wildman–Crippen LogP) is 4.85. The van der Waals surface area contributed by atoms with Gasteiger partial charge in [0.05, 0.1) is 41.9 Å². The standard InChI is InChI=1S/C22H18ClN3O4S2/c1-29-13-7-8-18(30-2)16(11-13)24-19(27)12-32-22-25-15-9-10-31-20(15)21(28)26(22)17-6-4-3-5-14(17)23/h3-11H,12H2,1-2H3,(H,24,27). The summed E-state index contributed by atoms with van der Waals surface area (Å²) in [5.41, 5.74) is 1.36. The minimum Gasteiger partial charge on any atom is -0.497 e. The molecule has 1 N–H and O–H groups in total. The molecular weight excluding hydrogens is 470 g/mol. The van der Waals surface area contributed by atoms with E-state index in [4.69, 9.17) is 21.1 Å². The summed E-state index contributed by atoms with van der Waals surface area (Å²) in [7, 11) is 3.07. The third-order valence-corrected chi connectivity index (χ3v) is 6.71. The zero-order valence-electron chi connectivity index (χ0n) is 17.1. The molecule has 0 radical (unpaired) electrons. The summed E-state index contributed by atoms with van der Waals surface area (Å²) in [6.07, 6.45) is 0. The van der Waals surface area contributed by atoms with Crippen LogP contribution in [0.3, 0.4) is 0 Å². The second-order valence-corrected chi connectivity index (χ2v) is 8.79. The van der Waals surface area contributed by atoms with Crippen molar-refractivity contribution in [3.8, 4) is 17.2 Å². The number of carbonyl (C=O) groups is 1. The Morgan fingerprint density at radius 1 is 1.19 bits per heavy atom. The highest BCUT2D eigenvalue weighted by molar-refractivity contribution is 7.99. The molecule has 0 aliphatic rings. The maximum Gasteiger partial charge on any atom is 0.276 e. The number of anilines is 1.